The quantitative estimate of drug-likeness (QED) is 0.776. The molecule has 2 rings (SSSR count). The zero-order valence-corrected chi connectivity index (χ0v) is 11.5. The molecule has 0 spiro atoms. The monoisotopic (exact) mass is 262 g/mol. The van der Waals surface area contributed by atoms with Crippen LogP contribution in [0.1, 0.15) is 43.5 Å². The van der Waals surface area contributed by atoms with E-state index in [1.54, 1.807) is 6.07 Å². The van der Waals surface area contributed by atoms with Crippen molar-refractivity contribution in [1.82, 2.24) is 4.98 Å². The molecule has 1 aromatic heterocycles. The zero-order valence-electron chi connectivity index (χ0n) is 11.5. The van der Waals surface area contributed by atoms with Crippen molar-refractivity contribution in [2.24, 2.45) is 17.6 Å². The number of nitrogens with one attached hydrogen (secondary N) is 1. The molecule has 1 aliphatic rings. The summed E-state index contributed by atoms with van der Waals surface area (Å²) >= 11 is 0. The second-order valence-electron chi connectivity index (χ2n) is 5.54. The first-order valence-corrected chi connectivity index (χ1v) is 6.81. The predicted octanol–water partition coefficient (Wildman–Crippen LogP) is 2.00. The van der Waals surface area contributed by atoms with Crippen LogP contribution >= 0.6 is 0 Å². The molecule has 1 aliphatic carbocycles. The molecule has 1 heterocycles. The molecular formula is C14H22N4O. The Labute approximate surface area is 113 Å². The number of hydrogen-bond acceptors (Lipinski definition) is 4. The van der Waals surface area contributed by atoms with E-state index >= 15 is 0 Å². The molecule has 0 saturated heterocycles. The lowest BCUT2D eigenvalue weighted by Gasteiger charge is -2.35. The van der Waals surface area contributed by atoms with E-state index in [9.17, 15) is 4.79 Å². The lowest BCUT2D eigenvalue weighted by atomic mass is 9.78. The minimum atomic E-state index is -0.520. The number of carbonyl (C=O) groups excluding carboxylic acids is 1. The van der Waals surface area contributed by atoms with Gasteiger partial charge >= 0.3 is 0 Å². The summed E-state index contributed by atoms with van der Waals surface area (Å²) in [4.78, 5) is 15.5. The minimum Gasteiger partial charge on any atom is -0.397 e. The highest BCUT2D eigenvalue weighted by atomic mass is 16.1. The summed E-state index contributed by atoms with van der Waals surface area (Å²) in [6.07, 6.45) is 5.12. The number of primary amides is 1. The molecule has 5 nitrogen and oxygen atoms in total. The van der Waals surface area contributed by atoms with E-state index < -0.39 is 5.91 Å². The molecule has 0 aliphatic heterocycles. The first kappa shape index (κ1) is 13.6. The summed E-state index contributed by atoms with van der Waals surface area (Å²) < 4.78 is 0. The van der Waals surface area contributed by atoms with Crippen LogP contribution < -0.4 is 16.8 Å². The normalized spacial score (nSPS) is 26.9. The Morgan fingerprint density at radius 1 is 1.42 bits per heavy atom. The van der Waals surface area contributed by atoms with Crippen molar-refractivity contribution in [2.75, 3.05) is 11.1 Å². The molecule has 5 heteroatoms. The number of hydrogen-bond donors (Lipinski definition) is 3. The largest absolute Gasteiger partial charge is 0.397 e. The van der Waals surface area contributed by atoms with Gasteiger partial charge in [0.15, 0.2) is 0 Å². The van der Waals surface area contributed by atoms with Crippen molar-refractivity contribution in [3.63, 3.8) is 0 Å². The van der Waals surface area contributed by atoms with Gasteiger partial charge < -0.3 is 16.8 Å². The maximum Gasteiger partial charge on any atom is 0.250 e. The summed E-state index contributed by atoms with van der Waals surface area (Å²) in [6, 6.07) is 2.03. The van der Waals surface area contributed by atoms with Gasteiger partial charge in [-0.25, -0.2) is 4.98 Å². The summed E-state index contributed by atoms with van der Waals surface area (Å²) in [6.45, 7) is 4.54. The number of carbonyl (C=O) groups is 1. The topological polar surface area (TPSA) is 94.0 Å². The molecule has 5 N–H and O–H groups in total. The third-order valence-electron chi connectivity index (χ3n) is 4.24. The average molecular weight is 262 g/mol. The fraction of sp³-hybridized carbons (Fsp3) is 0.571. The summed E-state index contributed by atoms with van der Waals surface area (Å²) in [5.74, 6) is 1.45. The Bertz CT molecular complexity index is 475. The van der Waals surface area contributed by atoms with Gasteiger partial charge in [0, 0.05) is 6.04 Å². The summed E-state index contributed by atoms with van der Waals surface area (Å²) in [5, 5.41) is 3.41. The Morgan fingerprint density at radius 3 is 2.84 bits per heavy atom. The molecule has 104 valence electrons. The molecule has 19 heavy (non-hydrogen) atoms. The SMILES string of the molecule is CC1CCCC(Nc2cc(C(N)=O)c(N)cn2)C1C. The molecular weight excluding hydrogens is 240 g/mol. The van der Waals surface area contributed by atoms with Crippen LogP contribution in [0.4, 0.5) is 11.5 Å². The third kappa shape index (κ3) is 2.97. The van der Waals surface area contributed by atoms with Gasteiger partial charge in [0.2, 0.25) is 0 Å². The Kier molecular flexibility index (Phi) is 3.93. The van der Waals surface area contributed by atoms with Gasteiger partial charge in [-0.3, -0.25) is 4.79 Å². The number of anilines is 2. The van der Waals surface area contributed by atoms with Gasteiger partial charge in [0.1, 0.15) is 5.82 Å². The minimum absolute atomic E-state index is 0.322. The average Bonchev–Trinajstić information content (AvgIpc) is 2.37. The van der Waals surface area contributed by atoms with Crippen LogP contribution in [0.25, 0.3) is 0 Å². The molecule has 1 aromatic rings. The van der Waals surface area contributed by atoms with Crippen molar-refractivity contribution in [3.05, 3.63) is 17.8 Å². The van der Waals surface area contributed by atoms with E-state index in [1.165, 1.54) is 19.0 Å². The number of nitrogens with two attached hydrogens (primary N) is 2. The molecule has 1 amide bonds. The Balaban J connectivity index is 2.15. The van der Waals surface area contributed by atoms with Crippen molar-refractivity contribution in [1.29, 1.82) is 0 Å². The van der Waals surface area contributed by atoms with Crippen LogP contribution in [0, 0.1) is 11.8 Å². The van der Waals surface area contributed by atoms with E-state index in [2.05, 4.69) is 24.1 Å². The van der Waals surface area contributed by atoms with E-state index in [-0.39, 0.29) is 0 Å². The number of amides is 1. The van der Waals surface area contributed by atoms with Crippen LogP contribution in [-0.4, -0.2) is 16.9 Å². The van der Waals surface area contributed by atoms with Gasteiger partial charge in [0.25, 0.3) is 5.91 Å². The van der Waals surface area contributed by atoms with Gasteiger partial charge in [-0.1, -0.05) is 26.7 Å². The molecule has 1 fully saturated rings. The highest BCUT2D eigenvalue weighted by Crippen LogP contribution is 2.31. The molecule has 3 unspecified atom stereocenters. The smallest absolute Gasteiger partial charge is 0.250 e. The molecule has 0 radical (unpaired) electrons. The van der Waals surface area contributed by atoms with Crippen LogP contribution in [0.5, 0.6) is 0 Å². The van der Waals surface area contributed by atoms with Gasteiger partial charge in [-0.2, -0.15) is 0 Å². The lowest BCUT2D eigenvalue weighted by molar-refractivity contribution is 0.100. The maximum absolute atomic E-state index is 11.3. The Morgan fingerprint density at radius 2 is 2.16 bits per heavy atom. The van der Waals surface area contributed by atoms with Crippen LogP contribution in [0.3, 0.4) is 0 Å². The number of rotatable bonds is 3. The van der Waals surface area contributed by atoms with E-state index in [1.807, 2.05) is 0 Å². The lowest BCUT2D eigenvalue weighted by Crippen LogP contribution is -2.35. The second kappa shape index (κ2) is 5.47. The number of pyridine rings is 1. The summed E-state index contributed by atoms with van der Waals surface area (Å²) in [7, 11) is 0. The van der Waals surface area contributed by atoms with Crippen LogP contribution in [-0.2, 0) is 0 Å². The zero-order chi connectivity index (χ0) is 14.0. The first-order chi connectivity index (χ1) is 8.99. The van der Waals surface area contributed by atoms with E-state index in [0.717, 1.165) is 6.42 Å². The van der Waals surface area contributed by atoms with Gasteiger partial charge in [-0.05, 0) is 24.3 Å². The fourth-order valence-corrected chi connectivity index (χ4v) is 2.73. The highest BCUT2D eigenvalue weighted by molar-refractivity contribution is 5.98. The number of aromatic nitrogens is 1. The molecule has 3 atom stereocenters. The molecule has 0 aromatic carbocycles. The predicted molar refractivity (Wildman–Crippen MR) is 76.8 cm³/mol. The third-order valence-corrected chi connectivity index (χ3v) is 4.24. The maximum atomic E-state index is 11.3. The fourth-order valence-electron chi connectivity index (χ4n) is 2.73. The van der Waals surface area contributed by atoms with Crippen molar-refractivity contribution in [3.8, 4) is 0 Å². The standard InChI is InChI=1S/C14H22N4O/c1-8-4-3-5-12(9(8)2)18-13-6-10(14(16)19)11(15)7-17-13/h6-9,12H,3-5,15H2,1-2H3,(H2,16,19)(H,17,18). The highest BCUT2D eigenvalue weighted by Gasteiger charge is 2.27. The second-order valence-corrected chi connectivity index (χ2v) is 5.54. The molecule has 1 saturated carbocycles. The van der Waals surface area contributed by atoms with Crippen molar-refractivity contribution in [2.45, 2.75) is 39.2 Å². The van der Waals surface area contributed by atoms with Crippen LogP contribution in [0.15, 0.2) is 12.3 Å². The first-order valence-electron chi connectivity index (χ1n) is 6.81. The number of nitrogens with zero attached hydrogens (tertiary/aromatic N) is 1. The van der Waals surface area contributed by atoms with E-state index in [0.29, 0.717) is 34.9 Å². The van der Waals surface area contributed by atoms with Crippen molar-refractivity contribution >= 4 is 17.4 Å². The molecule has 0 bridgehead atoms. The Hall–Kier alpha value is -1.78. The van der Waals surface area contributed by atoms with Crippen LogP contribution in [0.2, 0.25) is 0 Å². The number of nitrogen functional groups attached to an aromatic ring is 1. The van der Waals surface area contributed by atoms with E-state index in [4.69, 9.17) is 11.5 Å². The van der Waals surface area contributed by atoms with Crippen molar-refractivity contribution < 1.29 is 4.79 Å². The van der Waals surface area contributed by atoms with Gasteiger partial charge in [-0.15, -0.1) is 0 Å². The summed E-state index contributed by atoms with van der Waals surface area (Å²) in [5.41, 5.74) is 11.6. The van der Waals surface area contributed by atoms with Gasteiger partial charge in [0.05, 0.1) is 17.4 Å².